The van der Waals surface area contributed by atoms with E-state index in [0.717, 1.165) is 13.3 Å². The Bertz CT molecular complexity index is 476. The number of carbonyl (C=O) groups excluding carboxylic acids is 2. The first-order valence-corrected chi connectivity index (χ1v) is 6.94. The predicted octanol–water partition coefficient (Wildman–Crippen LogP) is 0.138. The molecule has 0 aromatic carbocycles. The number of esters is 1. The van der Waals surface area contributed by atoms with Crippen LogP contribution in [0, 0.1) is 16.0 Å². The molecule has 11 nitrogen and oxygen atoms in total. The van der Waals surface area contributed by atoms with E-state index in [9.17, 15) is 19.7 Å². The Morgan fingerprint density at radius 1 is 1.52 bits per heavy atom. The minimum absolute atomic E-state index is 0.190. The Balaban J connectivity index is 2.61. The van der Waals surface area contributed by atoms with Crippen LogP contribution in [-0.4, -0.2) is 61.1 Å². The third kappa shape index (κ3) is 7.40. The molecular formula is C12H20N4O7. The van der Waals surface area contributed by atoms with E-state index < -0.39 is 23.4 Å². The summed E-state index contributed by atoms with van der Waals surface area (Å²) < 4.78 is 14.6. The van der Waals surface area contributed by atoms with Gasteiger partial charge in [0.2, 0.25) is 6.29 Å². The van der Waals surface area contributed by atoms with Crippen LogP contribution in [0.25, 0.3) is 0 Å². The first-order chi connectivity index (χ1) is 10.8. The largest absolute Gasteiger partial charge is 0.426 e. The van der Waals surface area contributed by atoms with E-state index in [2.05, 4.69) is 15.2 Å². The van der Waals surface area contributed by atoms with Gasteiger partial charge >= 0.3 is 12.1 Å². The molecule has 23 heavy (non-hydrogen) atoms. The molecule has 0 aliphatic carbocycles. The lowest BCUT2D eigenvalue weighted by atomic mass is 10.1. The third-order valence-corrected chi connectivity index (χ3v) is 2.91. The standard InChI is InChI=1S/C12H20N4O7/c1-8(17)22-9(2)23-12(18)13-11(14-16(19)20)15(3)6-10-4-5-21-7-10/h9-10H,4-7H2,1-3H3,(H,13,14,18). The van der Waals surface area contributed by atoms with Crippen molar-refractivity contribution < 1.29 is 28.8 Å². The second-order valence-corrected chi connectivity index (χ2v) is 4.98. The third-order valence-electron chi connectivity index (χ3n) is 2.91. The number of ether oxygens (including phenoxy) is 3. The number of amides is 1. The molecule has 1 amide bonds. The van der Waals surface area contributed by atoms with E-state index in [-0.39, 0.29) is 11.9 Å². The van der Waals surface area contributed by atoms with Gasteiger partial charge in [0.1, 0.15) is 5.10 Å². The summed E-state index contributed by atoms with van der Waals surface area (Å²) in [5.74, 6) is -0.709. The summed E-state index contributed by atoms with van der Waals surface area (Å²) in [6.07, 6.45) is -1.32. The summed E-state index contributed by atoms with van der Waals surface area (Å²) in [4.78, 5) is 34.5. The number of alkyl carbamates (subject to hydrolysis) is 1. The number of guanidine groups is 1. The van der Waals surface area contributed by atoms with Crippen LogP contribution in [0.2, 0.25) is 0 Å². The first-order valence-electron chi connectivity index (χ1n) is 6.94. The molecule has 11 heteroatoms. The van der Waals surface area contributed by atoms with Crippen molar-refractivity contribution in [2.24, 2.45) is 11.0 Å². The molecule has 0 aromatic heterocycles. The van der Waals surface area contributed by atoms with E-state index in [1.54, 1.807) is 7.05 Å². The number of nitrogens with one attached hydrogen (secondary N) is 1. The summed E-state index contributed by atoms with van der Waals surface area (Å²) in [6, 6.07) is 0. The fourth-order valence-electron chi connectivity index (χ4n) is 2.00. The number of hydrogen-bond donors (Lipinski definition) is 1. The van der Waals surface area contributed by atoms with Crippen molar-refractivity contribution in [1.29, 1.82) is 0 Å². The van der Waals surface area contributed by atoms with Crippen LogP contribution in [0.3, 0.4) is 0 Å². The Kier molecular flexibility index (Phi) is 7.19. The molecule has 0 spiro atoms. The second-order valence-electron chi connectivity index (χ2n) is 4.98. The average Bonchev–Trinajstić information content (AvgIpc) is 2.88. The molecule has 0 aromatic rings. The molecule has 1 rings (SSSR count). The molecule has 1 aliphatic heterocycles. The summed E-state index contributed by atoms with van der Waals surface area (Å²) in [6.45, 7) is 4.10. The smallest absolute Gasteiger partial charge is 0.417 e. The maximum atomic E-state index is 11.7. The summed E-state index contributed by atoms with van der Waals surface area (Å²) in [5, 5.41) is 15.0. The van der Waals surface area contributed by atoms with Crippen molar-refractivity contribution in [2.75, 3.05) is 26.8 Å². The Hall–Kier alpha value is -2.43. The molecule has 1 aliphatic rings. The van der Waals surface area contributed by atoms with Crippen LogP contribution in [0.1, 0.15) is 20.3 Å². The zero-order valence-corrected chi connectivity index (χ0v) is 13.2. The Morgan fingerprint density at radius 3 is 2.74 bits per heavy atom. The maximum Gasteiger partial charge on any atom is 0.417 e. The van der Waals surface area contributed by atoms with Gasteiger partial charge in [0.25, 0.3) is 5.96 Å². The summed E-state index contributed by atoms with van der Waals surface area (Å²) >= 11 is 0. The Labute approximate surface area is 132 Å². The molecule has 130 valence electrons. The van der Waals surface area contributed by atoms with Gasteiger partial charge in [-0.2, -0.15) is 0 Å². The lowest BCUT2D eigenvalue weighted by Gasteiger charge is -2.22. The number of hydrogen-bond acceptors (Lipinski definition) is 7. The molecule has 0 bridgehead atoms. The van der Waals surface area contributed by atoms with Gasteiger partial charge in [-0.15, -0.1) is 0 Å². The number of nitrogens with zero attached hydrogens (tertiary/aromatic N) is 3. The van der Waals surface area contributed by atoms with Crippen LogP contribution < -0.4 is 5.32 Å². The van der Waals surface area contributed by atoms with Gasteiger partial charge in [-0.05, 0) is 6.42 Å². The van der Waals surface area contributed by atoms with Crippen molar-refractivity contribution in [2.45, 2.75) is 26.6 Å². The van der Waals surface area contributed by atoms with E-state index in [4.69, 9.17) is 9.47 Å². The minimum atomic E-state index is -1.13. The fourth-order valence-corrected chi connectivity index (χ4v) is 2.00. The van der Waals surface area contributed by atoms with Crippen molar-refractivity contribution >= 4 is 18.0 Å². The second kappa shape index (κ2) is 8.88. The molecular weight excluding hydrogens is 312 g/mol. The normalized spacial score (nSPS) is 18.9. The molecule has 0 saturated carbocycles. The lowest BCUT2D eigenvalue weighted by Crippen LogP contribution is -2.45. The maximum absolute atomic E-state index is 11.7. The zero-order chi connectivity index (χ0) is 17.4. The van der Waals surface area contributed by atoms with Crippen molar-refractivity contribution in [1.82, 2.24) is 10.2 Å². The quantitative estimate of drug-likeness (QED) is 0.188. The molecule has 1 heterocycles. The topological polar surface area (TPSA) is 133 Å². The zero-order valence-electron chi connectivity index (χ0n) is 13.2. The van der Waals surface area contributed by atoms with E-state index in [0.29, 0.717) is 19.8 Å². The van der Waals surface area contributed by atoms with E-state index >= 15 is 0 Å². The molecule has 2 unspecified atom stereocenters. The summed E-state index contributed by atoms with van der Waals surface area (Å²) in [5.41, 5.74) is 0. The highest BCUT2D eigenvalue weighted by Crippen LogP contribution is 2.13. The number of hydrazone groups is 1. The van der Waals surface area contributed by atoms with Gasteiger partial charge in [0, 0.05) is 40.0 Å². The SMILES string of the molecule is CC(=O)OC(C)OC(=O)N/C(=N/[N+](=O)[O-])N(C)CC1CCOC1. The molecule has 1 N–H and O–H groups in total. The molecule has 1 fully saturated rings. The van der Waals surface area contributed by atoms with Gasteiger partial charge in [-0.3, -0.25) is 10.1 Å². The van der Waals surface area contributed by atoms with Crippen molar-refractivity contribution in [3.05, 3.63) is 10.1 Å². The van der Waals surface area contributed by atoms with Gasteiger partial charge in [0.15, 0.2) is 5.03 Å². The van der Waals surface area contributed by atoms with E-state index in [1.165, 1.54) is 11.8 Å². The molecule has 0 radical (unpaired) electrons. The van der Waals surface area contributed by atoms with Gasteiger partial charge in [0.05, 0.1) is 6.61 Å². The van der Waals surface area contributed by atoms with E-state index in [1.807, 2.05) is 0 Å². The number of nitro groups is 1. The molecule has 1 saturated heterocycles. The summed E-state index contributed by atoms with van der Waals surface area (Å²) in [7, 11) is 1.55. The highest BCUT2D eigenvalue weighted by Gasteiger charge is 2.23. The Morgan fingerprint density at radius 2 is 2.22 bits per heavy atom. The lowest BCUT2D eigenvalue weighted by molar-refractivity contribution is -0.485. The van der Waals surface area contributed by atoms with Crippen LogP contribution in [0.4, 0.5) is 4.79 Å². The molecule has 2 atom stereocenters. The number of rotatable bonds is 5. The van der Waals surface area contributed by atoms with Crippen LogP contribution >= 0.6 is 0 Å². The monoisotopic (exact) mass is 332 g/mol. The average molecular weight is 332 g/mol. The van der Waals surface area contributed by atoms with Crippen molar-refractivity contribution in [3.8, 4) is 0 Å². The van der Waals surface area contributed by atoms with Gasteiger partial charge in [-0.25, -0.2) is 14.9 Å². The number of carbonyl (C=O) groups is 2. The highest BCUT2D eigenvalue weighted by molar-refractivity contribution is 5.93. The van der Waals surface area contributed by atoms with Crippen LogP contribution in [0.15, 0.2) is 5.10 Å². The highest BCUT2D eigenvalue weighted by atomic mass is 16.7. The fraction of sp³-hybridized carbons (Fsp3) is 0.750. The van der Waals surface area contributed by atoms with Crippen LogP contribution in [0.5, 0.6) is 0 Å². The van der Waals surface area contributed by atoms with Gasteiger partial charge in [-0.1, -0.05) is 0 Å². The predicted molar refractivity (Wildman–Crippen MR) is 76.8 cm³/mol. The van der Waals surface area contributed by atoms with Crippen molar-refractivity contribution in [3.63, 3.8) is 0 Å². The van der Waals surface area contributed by atoms with Crippen LogP contribution in [-0.2, 0) is 19.0 Å². The van der Waals surface area contributed by atoms with Gasteiger partial charge < -0.3 is 19.1 Å². The minimum Gasteiger partial charge on any atom is -0.426 e. The first kappa shape index (κ1) is 18.6.